The van der Waals surface area contributed by atoms with E-state index in [9.17, 15) is 9.18 Å². The molecule has 5 rings (SSSR count). The van der Waals surface area contributed by atoms with Gasteiger partial charge in [0.15, 0.2) is 0 Å². The van der Waals surface area contributed by atoms with Crippen molar-refractivity contribution >= 4 is 11.9 Å². The van der Waals surface area contributed by atoms with Crippen LogP contribution in [0.1, 0.15) is 32.1 Å². The first-order valence-electron chi connectivity index (χ1n) is 10.6. The van der Waals surface area contributed by atoms with Gasteiger partial charge in [0.2, 0.25) is 11.9 Å². The summed E-state index contributed by atoms with van der Waals surface area (Å²) in [6, 6.07) is 10.1. The van der Waals surface area contributed by atoms with Crippen molar-refractivity contribution in [2.75, 3.05) is 23.4 Å². The molecule has 0 unspecified atom stereocenters. The van der Waals surface area contributed by atoms with E-state index in [-0.39, 0.29) is 17.6 Å². The van der Waals surface area contributed by atoms with Crippen LogP contribution in [-0.4, -0.2) is 33.6 Å². The number of rotatable bonds is 3. The van der Waals surface area contributed by atoms with Crippen LogP contribution in [0.5, 0.6) is 0 Å². The van der Waals surface area contributed by atoms with E-state index in [1.54, 1.807) is 24.5 Å². The Balaban J connectivity index is 1.63. The SMILES string of the molecule is O=C(C1CCCCC1)N1CCNn2c1nc(-c1ccc(F)cc1)c2-c1ccncc1. The summed E-state index contributed by atoms with van der Waals surface area (Å²) in [5.41, 5.74) is 6.68. The van der Waals surface area contributed by atoms with E-state index < -0.39 is 0 Å². The largest absolute Gasteiger partial charge is 0.321 e. The predicted molar refractivity (Wildman–Crippen MR) is 114 cm³/mol. The Labute approximate surface area is 174 Å². The van der Waals surface area contributed by atoms with E-state index in [0.717, 1.165) is 42.5 Å². The highest BCUT2D eigenvalue weighted by molar-refractivity contribution is 5.95. The lowest BCUT2D eigenvalue weighted by Gasteiger charge is -2.32. The molecule has 30 heavy (non-hydrogen) atoms. The summed E-state index contributed by atoms with van der Waals surface area (Å²) in [7, 11) is 0. The summed E-state index contributed by atoms with van der Waals surface area (Å²) in [5, 5.41) is 0. The van der Waals surface area contributed by atoms with E-state index in [1.807, 2.05) is 21.7 Å². The molecule has 1 aromatic carbocycles. The molecule has 154 valence electrons. The van der Waals surface area contributed by atoms with Gasteiger partial charge in [-0.05, 0) is 49.2 Å². The monoisotopic (exact) mass is 405 g/mol. The molecule has 1 saturated carbocycles. The molecule has 2 aliphatic rings. The van der Waals surface area contributed by atoms with Crippen LogP contribution >= 0.6 is 0 Å². The molecule has 7 heteroatoms. The number of amides is 1. The van der Waals surface area contributed by atoms with Gasteiger partial charge < -0.3 is 5.43 Å². The molecule has 1 aliphatic heterocycles. The third kappa shape index (κ3) is 3.34. The van der Waals surface area contributed by atoms with Crippen LogP contribution in [0, 0.1) is 11.7 Å². The van der Waals surface area contributed by atoms with Crippen LogP contribution in [0.15, 0.2) is 48.8 Å². The minimum absolute atomic E-state index is 0.0700. The Morgan fingerprint density at radius 3 is 2.47 bits per heavy atom. The van der Waals surface area contributed by atoms with Crippen molar-refractivity contribution in [3.05, 3.63) is 54.6 Å². The van der Waals surface area contributed by atoms with E-state index in [2.05, 4.69) is 10.4 Å². The average molecular weight is 405 g/mol. The Morgan fingerprint density at radius 2 is 1.73 bits per heavy atom. The van der Waals surface area contributed by atoms with Crippen molar-refractivity contribution in [2.45, 2.75) is 32.1 Å². The molecule has 1 fully saturated rings. The van der Waals surface area contributed by atoms with Gasteiger partial charge >= 0.3 is 0 Å². The van der Waals surface area contributed by atoms with Crippen LogP contribution in [0.4, 0.5) is 10.3 Å². The molecule has 1 aliphatic carbocycles. The number of anilines is 1. The maximum atomic E-state index is 13.5. The van der Waals surface area contributed by atoms with Crippen molar-refractivity contribution in [1.82, 2.24) is 14.6 Å². The molecule has 0 saturated heterocycles. The third-order valence-electron chi connectivity index (χ3n) is 6.00. The molecule has 1 amide bonds. The van der Waals surface area contributed by atoms with Crippen LogP contribution in [-0.2, 0) is 4.79 Å². The number of carbonyl (C=O) groups is 1. The molecule has 1 N–H and O–H groups in total. The minimum atomic E-state index is -0.291. The summed E-state index contributed by atoms with van der Waals surface area (Å²) in [6.07, 6.45) is 8.80. The lowest BCUT2D eigenvalue weighted by atomic mass is 9.88. The van der Waals surface area contributed by atoms with Gasteiger partial charge in [0.05, 0.1) is 5.69 Å². The second-order valence-electron chi connectivity index (χ2n) is 7.92. The normalized spacial score (nSPS) is 16.8. The fourth-order valence-corrected chi connectivity index (χ4v) is 4.48. The zero-order valence-corrected chi connectivity index (χ0v) is 16.7. The highest BCUT2D eigenvalue weighted by Gasteiger charge is 2.33. The Morgan fingerprint density at radius 1 is 1.00 bits per heavy atom. The maximum Gasteiger partial charge on any atom is 0.232 e. The van der Waals surface area contributed by atoms with Gasteiger partial charge in [0.25, 0.3) is 0 Å². The number of hydrogen-bond acceptors (Lipinski definition) is 4. The van der Waals surface area contributed by atoms with Gasteiger partial charge in [-0.1, -0.05) is 19.3 Å². The topological polar surface area (TPSA) is 63.1 Å². The zero-order chi connectivity index (χ0) is 20.5. The third-order valence-corrected chi connectivity index (χ3v) is 6.00. The highest BCUT2D eigenvalue weighted by Crippen LogP contribution is 2.37. The molecule has 0 radical (unpaired) electrons. The second-order valence-corrected chi connectivity index (χ2v) is 7.92. The van der Waals surface area contributed by atoms with Gasteiger partial charge in [-0.15, -0.1) is 0 Å². The molecular weight excluding hydrogens is 381 g/mol. The van der Waals surface area contributed by atoms with E-state index >= 15 is 0 Å². The molecule has 2 aromatic heterocycles. The van der Waals surface area contributed by atoms with Gasteiger partial charge in [0, 0.05) is 42.5 Å². The van der Waals surface area contributed by atoms with E-state index in [4.69, 9.17) is 4.98 Å². The Bertz CT molecular complexity index is 1040. The Kier molecular flexibility index (Phi) is 4.94. The van der Waals surface area contributed by atoms with Crippen LogP contribution < -0.4 is 10.3 Å². The molecule has 0 spiro atoms. The number of carbonyl (C=O) groups excluding carboxylic acids is 1. The van der Waals surface area contributed by atoms with Crippen molar-refractivity contribution in [3.63, 3.8) is 0 Å². The first-order valence-corrected chi connectivity index (χ1v) is 10.6. The average Bonchev–Trinajstić information content (AvgIpc) is 3.20. The van der Waals surface area contributed by atoms with Crippen molar-refractivity contribution in [1.29, 1.82) is 0 Å². The molecule has 6 nitrogen and oxygen atoms in total. The number of pyridine rings is 1. The lowest BCUT2D eigenvalue weighted by molar-refractivity contribution is -0.123. The summed E-state index contributed by atoms with van der Waals surface area (Å²) in [6.45, 7) is 1.23. The number of hydrogen-bond donors (Lipinski definition) is 1. The number of imidazole rings is 1. The number of nitrogens with one attached hydrogen (secondary N) is 1. The van der Waals surface area contributed by atoms with Gasteiger partial charge in [-0.3, -0.25) is 14.7 Å². The molecule has 3 aromatic rings. The first-order chi connectivity index (χ1) is 14.7. The summed E-state index contributed by atoms with van der Waals surface area (Å²) >= 11 is 0. The quantitative estimate of drug-likeness (QED) is 0.709. The maximum absolute atomic E-state index is 13.5. The lowest BCUT2D eigenvalue weighted by Crippen LogP contribution is -2.46. The first kappa shape index (κ1) is 18.8. The van der Waals surface area contributed by atoms with Crippen molar-refractivity contribution in [2.24, 2.45) is 5.92 Å². The summed E-state index contributed by atoms with van der Waals surface area (Å²) < 4.78 is 15.4. The summed E-state index contributed by atoms with van der Waals surface area (Å²) in [5.74, 6) is 0.540. The number of fused-ring (bicyclic) bond motifs is 1. The number of aromatic nitrogens is 3. The van der Waals surface area contributed by atoms with Crippen LogP contribution in [0.2, 0.25) is 0 Å². The molecular formula is C23H24FN5O. The van der Waals surface area contributed by atoms with Crippen molar-refractivity contribution in [3.8, 4) is 22.5 Å². The van der Waals surface area contributed by atoms with Gasteiger partial charge in [-0.25, -0.2) is 14.1 Å². The zero-order valence-electron chi connectivity index (χ0n) is 16.7. The second kappa shape index (κ2) is 7.89. The van der Waals surface area contributed by atoms with E-state index in [1.165, 1.54) is 18.6 Å². The van der Waals surface area contributed by atoms with Crippen LogP contribution in [0.25, 0.3) is 22.5 Å². The minimum Gasteiger partial charge on any atom is -0.321 e. The predicted octanol–water partition coefficient (Wildman–Crippen LogP) is 4.22. The standard InChI is InChI=1S/C23H24FN5O/c24-19-8-6-16(7-9-19)20-21(17-10-12-25-13-11-17)29-23(27-20)28(15-14-26-29)22(30)18-4-2-1-3-5-18/h6-13,18,26H,1-5,14-15H2. The van der Waals surface area contributed by atoms with E-state index in [0.29, 0.717) is 24.7 Å². The smallest absolute Gasteiger partial charge is 0.232 e. The number of halogens is 1. The number of nitrogens with zero attached hydrogens (tertiary/aromatic N) is 4. The van der Waals surface area contributed by atoms with Gasteiger partial charge in [-0.2, -0.15) is 0 Å². The molecule has 3 heterocycles. The van der Waals surface area contributed by atoms with Crippen molar-refractivity contribution < 1.29 is 9.18 Å². The highest BCUT2D eigenvalue weighted by atomic mass is 19.1. The van der Waals surface area contributed by atoms with Gasteiger partial charge in [0.1, 0.15) is 11.5 Å². The Hall–Kier alpha value is -3.22. The van der Waals surface area contributed by atoms with Crippen LogP contribution in [0.3, 0.4) is 0 Å². The fraction of sp³-hybridized carbons (Fsp3) is 0.348. The molecule has 0 atom stereocenters. The summed E-state index contributed by atoms with van der Waals surface area (Å²) in [4.78, 5) is 24.2. The molecule has 0 bridgehead atoms. The number of benzene rings is 1. The fourth-order valence-electron chi connectivity index (χ4n) is 4.48.